The van der Waals surface area contributed by atoms with Crippen molar-refractivity contribution in [1.29, 1.82) is 0 Å². The number of thiophene rings is 1. The Morgan fingerprint density at radius 1 is 1.07 bits per heavy atom. The minimum Gasteiger partial charge on any atom is -0.352 e. The summed E-state index contributed by atoms with van der Waals surface area (Å²) in [5, 5.41) is 1.87. The molecule has 0 unspecified atom stereocenters. The summed E-state index contributed by atoms with van der Waals surface area (Å²) in [6.07, 6.45) is 5.70. The van der Waals surface area contributed by atoms with E-state index in [4.69, 9.17) is 0 Å². The molecule has 2 aromatic rings. The predicted molar refractivity (Wildman–Crippen MR) is 113 cm³/mol. The summed E-state index contributed by atoms with van der Waals surface area (Å²) in [6, 6.07) is 10.6. The summed E-state index contributed by atoms with van der Waals surface area (Å²) in [5.74, 6) is -1.52. The molecule has 2 saturated heterocycles. The monoisotopic (exact) mass is 406 g/mol. The Labute approximate surface area is 173 Å². The molecule has 1 aromatic heterocycles. The van der Waals surface area contributed by atoms with Crippen LogP contribution in [0.1, 0.15) is 35.0 Å². The SMILES string of the molecule is CCCCN1C(=O)[C@@H]2[C@H](C1=O)[C@H]1C=Cc3ccccc3N1[C@H]2C(=O)c1cccs1. The van der Waals surface area contributed by atoms with E-state index < -0.39 is 17.9 Å². The number of nitrogens with zero attached hydrogens (tertiary/aromatic N) is 2. The van der Waals surface area contributed by atoms with E-state index in [0.29, 0.717) is 11.4 Å². The molecule has 0 radical (unpaired) electrons. The van der Waals surface area contributed by atoms with Gasteiger partial charge in [0.15, 0.2) is 5.78 Å². The molecule has 0 saturated carbocycles. The van der Waals surface area contributed by atoms with Gasteiger partial charge in [0.1, 0.15) is 6.04 Å². The zero-order chi connectivity index (χ0) is 20.1. The molecule has 2 fully saturated rings. The van der Waals surface area contributed by atoms with Gasteiger partial charge in [-0.25, -0.2) is 0 Å². The number of rotatable bonds is 5. The standard InChI is InChI=1S/C23H22N2O3S/c1-2-3-12-24-22(27)18-16-11-10-14-7-4-5-8-15(14)25(16)20(19(18)23(24)28)21(26)17-9-6-13-29-17/h4-11,13,16,18-20H,2-3,12H2,1H3/t16-,18-,19-,20-/m1/s1. The summed E-state index contributed by atoms with van der Waals surface area (Å²) in [6.45, 7) is 2.48. The van der Waals surface area contributed by atoms with Crippen molar-refractivity contribution in [3.63, 3.8) is 0 Å². The molecule has 2 amide bonds. The number of para-hydroxylation sites is 1. The van der Waals surface area contributed by atoms with Crippen LogP contribution in [0, 0.1) is 11.8 Å². The number of unbranched alkanes of at least 4 members (excludes halogenated alkanes) is 1. The van der Waals surface area contributed by atoms with Crippen LogP contribution in [0.4, 0.5) is 5.69 Å². The van der Waals surface area contributed by atoms with E-state index in [9.17, 15) is 14.4 Å². The van der Waals surface area contributed by atoms with Crippen molar-refractivity contribution in [2.75, 3.05) is 11.4 Å². The van der Waals surface area contributed by atoms with Gasteiger partial charge >= 0.3 is 0 Å². The van der Waals surface area contributed by atoms with Crippen molar-refractivity contribution >= 4 is 40.7 Å². The van der Waals surface area contributed by atoms with E-state index in [-0.39, 0.29) is 23.6 Å². The van der Waals surface area contributed by atoms with Crippen LogP contribution in [0.5, 0.6) is 0 Å². The van der Waals surface area contributed by atoms with E-state index in [2.05, 4.69) is 0 Å². The molecule has 29 heavy (non-hydrogen) atoms. The van der Waals surface area contributed by atoms with Crippen LogP contribution in [-0.4, -0.2) is 41.1 Å². The lowest BCUT2D eigenvalue weighted by Gasteiger charge is -2.36. The van der Waals surface area contributed by atoms with Crippen LogP contribution in [0.25, 0.3) is 6.08 Å². The van der Waals surface area contributed by atoms with Gasteiger partial charge in [-0.2, -0.15) is 0 Å². The van der Waals surface area contributed by atoms with E-state index >= 15 is 0 Å². The predicted octanol–water partition coefficient (Wildman–Crippen LogP) is 3.62. The van der Waals surface area contributed by atoms with Gasteiger partial charge in [0, 0.05) is 12.2 Å². The second-order valence-electron chi connectivity index (χ2n) is 7.84. The number of hydrogen-bond donors (Lipinski definition) is 0. The number of carbonyl (C=O) groups excluding carboxylic acids is 3. The highest BCUT2D eigenvalue weighted by atomic mass is 32.1. The second kappa shape index (κ2) is 6.95. The van der Waals surface area contributed by atoms with Crippen LogP contribution < -0.4 is 4.90 Å². The quantitative estimate of drug-likeness (QED) is 0.562. The summed E-state index contributed by atoms with van der Waals surface area (Å²) in [7, 11) is 0. The first-order valence-corrected chi connectivity index (χ1v) is 11.0. The highest BCUT2D eigenvalue weighted by molar-refractivity contribution is 7.12. The maximum absolute atomic E-state index is 13.6. The average Bonchev–Trinajstić information content (AvgIpc) is 3.44. The van der Waals surface area contributed by atoms with Crippen LogP contribution in [0.15, 0.2) is 47.9 Å². The highest BCUT2D eigenvalue weighted by Gasteiger charge is 2.63. The first-order valence-electron chi connectivity index (χ1n) is 10.1. The summed E-state index contributed by atoms with van der Waals surface area (Å²) in [4.78, 5) is 44.2. The molecule has 4 atom stereocenters. The minimum atomic E-state index is -0.655. The number of imide groups is 1. The van der Waals surface area contributed by atoms with Gasteiger partial charge in [0.05, 0.1) is 22.8 Å². The number of amides is 2. The first-order chi connectivity index (χ1) is 14.1. The molecular formula is C23H22N2O3S. The highest BCUT2D eigenvalue weighted by Crippen LogP contribution is 2.49. The van der Waals surface area contributed by atoms with Gasteiger partial charge in [-0.15, -0.1) is 11.3 Å². The fourth-order valence-corrected chi connectivity index (χ4v) is 5.67. The third-order valence-corrected chi connectivity index (χ3v) is 7.16. The molecule has 6 heteroatoms. The van der Waals surface area contributed by atoms with Gasteiger partial charge < -0.3 is 4.90 Å². The molecule has 1 aromatic carbocycles. The Morgan fingerprint density at radius 2 is 1.86 bits per heavy atom. The van der Waals surface area contributed by atoms with Crippen molar-refractivity contribution in [3.05, 3.63) is 58.3 Å². The largest absolute Gasteiger partial charge is 0.352 e. The number of likely N-dealkylation sites (tertiary alicyclic amines) is 1. The molecule has 5 nitrogen and oxygen atoms in total. The van der Waals surface area contributed by atoms with E-state index in [1.807, 2.05) is 59.7 Å². The van der Waals surface area contributed by atoms with Crippen molar-refractivity contribution in [3.8, 4) is 0 Å². The fraction of sp³-hybridized carbons (Fsp3) is 0.348. The lowest BCUT2D eigenvalue weighted by molar-refractivity contribution is -0.140. The van der Waals surface area contributed by atoms with Crippen LogP contribution >= 0.6 is 11.3 Å². The number of hydrogen-bond acceptors (Lipinski definition) is 5. The Kier molecular flexibility index (Phi) is 4.39. The topological polar surface area (TPSA) is 57.7 Å². The summed E-state index contributed by atoms with van der Waals surface area (Å²) in [5.41, 5.74) is 1.93. The van der Waals surface area contributed by atoms with E-state index in [1.165, 1.54) is 16.2 Å². The maximum Gasteiger partial charge on any atom is 0.235 e. The Bertz CT molecular complexity index is 1010. The number of fused-ring (bicyclic) bond motifs is 5. The van der Waals surface area contributed by atoms with Gasteiger partial charge in [-0.3, -0.25) is 19.3 Å². The zero-order valence-corrected chi connectivity index (χ0v) is 17.0. The second-order valence-corrected chi connectivity index (χ2v) is 8.78. The van der Waals surface area contributed by atoms with Crippen LogP contribution in [0.2, 0.25) is 0 Å². The number of benzene rings is 1. The summed E-state index contributed by atoms with van der Waals surface area (Å²) >= 11 is 1.39. The molecule has 3 aliphatic heterocycles. The molecule has 0 aliphatic carbocycles. The molecule has 3 aliphatic rings. The van der Waals surface area contributed by atoms with Crippen molar-refractivity contribution in [2.24, 2.45) is 11.8 Å². The van der Waals surface area contributed by atoms with Gasteiger partial charge in [0.25, 0.3) is 0 Å². The lowest BCUT2D eigenvalue weighted by Crippen LogP contribution is -2.48. The Hall–Kier alpha value is -2.73. The number of ketones is 1. The minimum absolute atomic E-state index is 0.0684. The van der Waals surface area contributed by atoms with Crippen molar-refractivity contribution in [1.82, 2.24) is 4.90 Å². The number of carbonyl (C=O) groups is 3. The van der Waals surface area contributed by atoms with Crippen LogP contribution in [-0.2, 0) is 9.59 Å². The number of Topliss-reactive ketones (excluding diaryl/α,β-unsaturated/α-hetero) is 1. The third-order valence-electron chi connectivity index (χ3n) is 6.27. The molecular weight excluding hydrogens is 384 g/mol. The average molecular weight is 407 g/mol. The smallest absolute Gasteiger partial charge is 0.235 e. The van der Waals surface area contributed by atoms with Gasteiger partial charge in [0.2, 0.25) is 11.8 Å². The van der Waals surface area contributed by atoms with Gasteiger partial charge in [-0.1, -0.05) is 49.8 Å². The van der Waals surface area contributed by atoms with E-state index in [1.54, 1.807) is 6.07 Å². The normalized spacial score (nSPS) is 27.2. The maximum atomic E-state index is 13.6. The van der Waals surface area contributed by atoms with E-state index in [0.717, 1.165) is 24.1 Å². The molecule has 0 N–H and O–H groups in total. The van der Waals surface area contributed by atoms with Gasteiger partial charge in [-0.05, 0) is 29.5 Å². The number of anilines is 1. The van der Waals surface area contributed by atoms with Crippen molar-refractivity contribution in [2.45, 2.75) is 31.8 Å². The molecule has 5 rings (SSSR count). The fourth-order valence-electron chi connectivity index (χ4n) is 4.98. The van der Waals surface area contributed by atoms with Crippen molar-refractivity contribution < 1.29 is 14.4 Å². The lowest BCUT2D eigenvalue weighted by atomic mass is 9.87. The summed E-state index contributed by atoms with van der Waals surface area (Å²) < 4.78 is 0. The first kappa shape index (κ1) is 18.3. The van der Waals surface area contributed by atoms with Crippen LogP contribution in [0.3, 0.4) is 0 Å². The Balaban J connectivity index is 1.62. The zero-order valence-electron chi connectivity index (χ0n) is 16.2. The Morgan fingerprint density at radius 3 is 2.62 bits per heavy atom. The molecule has 0 spiro atoms. The molecule has 4 heterocycles. The third kappa shape index (κ3) is 2.62. The molecule has 0 bridgehead atoms. The molecule has 148 valence electrons.